The quantitative estimate of drug-likeness (QED) is 0.325. The highest BCUT2D eigenvalue weighted by atomic mass is 35.5. The van der Waals surface area contributed by atoms with Gasteiger partial charge in [0.2, 0.25) is 5.76 Å². The first-order valence-electron chi connectivity index (χ1n) is 7.94. The van der Waals surface area contributed by atoms with Gasteiger partial charge in [-0.1, -0.05) is 54.1 Å². The third-order valence-corrected chi connectivity index (χ3v) is 4.62. The molecule has 124 valence electrons. The van der Waals surface area contributed by atoms with Crippen molar-refractivity contribution in [1.29, 1.82) is 0 Å². The SMILES string of the molecule is Cc1ccc(Cl)c(OC(=O)c2oc3c(ccc4ccccc43)c2C)c1. The lowest BCUT2D eigenvalue weighted by Crippen LogP contribution is -2.09. The van der Waals surface area contributed by atoms with E-state index in [1.54, 1.807) is 12.1 Å². The van der Waals surface area contributed by atoms with Crippen LogP contribution in [0.3, 0.4) is 0 Å². The number of esters is 1. The third-order valence-electron chi connectivity index (χ3n) is 4.30. The van der Waals surface area contributed by atoms with Gasteiger partial charge in [-0.25, -0.2) is 4.79 Å². The van der Waals surface area contributed by atoms with Crippen molar-refractivity contribution in [2.24, 2.45) is 0 Å². The second-order valence-corrected chi connectivity index (χ2v) is 6.45. The Morgan fingerprint density at radius 3 is 2.64 bits per heavy atom. The predicted molar refractivity (Wildman–Crippen MR) is 99.6 cm³/mol. The standard InChI is InChI=1S/C21H15ClO3/c1-12-7-10-17(22)18(11-12)24-21(23)19-13(2)15-9-8-14-5-3-4-6-16(14)20(15)25-19/h3-11H,1-2H3. The normalized spacial score (nSPS) is 11.2. The Balaban J connectivity index is 1.81. The van der Waals surface area contributed by atoms with E-state index in [1.807, 2.05) is 56.3 Å². The van der Waals surface area contributed by atoms with E-state index in [4.69, 9.17) is 20.8 Å². The van der Waals surface area contributed by atoms with Gasteiger partial charge >= 0.3 is 5.97 Å². The van der Waals surface area contributed by atoms with Gasteiger partial charge in [0.1, 0.15) is 11.3 Å². The van der Waals surface area contributed by atoms with Crippen molar-refractivity contribution in [3.63, 3.8) is 0 Å². The number of hydrogen-bond acceptors (Lipinski definition) is 3. The summed E-state index contributed by atoms with van der Waals surface area (Å²) >= 11 is 6.12. The fourth-order valence-electron chi connectivity index (χ4n) is 2.98. The van der Waals surface area contributed by atoms with Crippen LogP contribution in [0.1, 0.15) is 21.7 Å². The lowest BCUT2D eigenvalue weighted by molar-refractivity contribution is 0.0703. The molecule has 0 radical (unpaired) electrons. The van der Waals surface area contributed by atoms with Gasteiger partial charge in [-0.15, -0.1) is 0 Å². The van der Waals surface area contributed by atoms with E-state index in [0.29, 0.717) is 16.4 Å². The maximum absolute atomic E-state index is 12.6. The van der Waals surface area contributed by atoms with Crippen LogP contribution in [0.5, 0.6) is 5.75 Å². The van der Waals surface area contributed by atoms with E-state index in [0.717, 1.165) is 27.3 Å². The summed E-state index contributed by atoms with van der Waals surface area (Å²) in [5, 5.41) is 3.32. The minimum atomic E-state index is -0.551. The van der Waals surface area contributed by atoms with Crippen molar-refractivity contribution in [1.82, 2.24) is 0 Å². The van der Waals surface area contributed by atoms with Gasteiger partial charge < -0.3 is 9.15 Å². The molecule has 25 heavy (non-hydrogen) atoms. The van der Waals surface area contributed by atoms with Gasteiger partial charge in [0, 0.05) is 16.3 Å². The molecule has 1 heterocycles. The molecule has 3 nitrogen and oxygen atoms in total. The summed E-state index contributed by atoms with van der Waals surface area (Å²) in [6.07, 6.45) is 0. The zero-order valence-corrected chi connectivity index (χ0v) is 14.6. The Kier molecular flexibility index (Phi) is 3.74. The molecule has 0 unspecified atom stereocenters. The molecule has 4 heteroatoms. The van der Waals surface area contributed by atoms with Crippen LogP contribution < -0.4 is 4.74 Å². The van der Waals surface area contributed by atoms with Crippen LogP contribution in [0.15, 0.2) is 59.0 Å². The summed E-state index contributed by atoms with van der Waals surface area (Å²) in [5.74, 6) is -0.0226. The van der Waals surface area contributed by atoms with Gasteiger partial charge in [0.15, 0.2) is 0 Å². The van der Waals surface area contributed by atoms with Crippen LogP contribution in [0.25, 0.3) is 21.7 Å². The van der Waals surface area contributed by atoms with Gasteiger partial charge in [-0.05, 0) is 36.9 Å². The maximum Gasteiger partial charge on any atom is 0.379 e. The van der Waals surface area contributed by atoms with Crippen molar-refractivity contribution in [2.75, 3.05) is 0 Å². The van der Waals surface area contributed by atoms with Gasteiger partial charge in [0.25, 0.3) is 0 Å². The largest absolute Gasteiger partial charge is 0.448 e. The molecule has 0 bridgehead atoms. The highest BCUT2D eigenvalue weighted by molar-refractivity contribution is 6.32. The first-order chi connectivity index (χ1) is 12.0. The molecule has 0 aliphatic heterocycles. The van der Waals surface area contributed by atoms with Gasteiger partial charge in [0.05, 0.1) is 5.02 Å². The van der Waals surface area contributed by atoms with E-state index in [9.17, 15) is 4.79 Å². The van der Waals surface area contributed by atoms with E-state index < -0.39 is 5.97 Å². The number of fused-ring (bicyclic) bond motifs is 3. The Morgan fingerprint density at radius 2 is 1.80 bits per heavy atom. The molecular formula is C21H15ClO3. The zero-order valence-electron chi connectivity index (χ0n) is 13.8. The highest BCUT2D eigenvalue weighted by Gasteiger charge is 2.21. The Labute approximate surface area is 149 Å². The third kappa shape index (κ3) is 2.67. The van der Waals surface area contributed by atoms with Crippen LogP contribution in [-0.4, -0.2) is 5.97 Å². The Morgan fingerprint density at radius 1 is 1.00 bits per heavy atom. The summed E-state index contributed by atoms with van der Waals surface area (Å²) in [6, 6.07) is 17.2. The molecule has 0 amide bonds. The minimum absolute atomic E-state index is 0.198. The number of carbonyl (C=O) groups is 1. The maximum atomic E-state index is 12.6. The second-order valence-electron chi connectivity index (χ2n) is 6.04. The van der Waals surface area contributed by atoms with Gasteiger partial charge in [-0.2, -0.15) is 0 Å². The molecule has 0 saturated carbocycles. The molecule has 0 saturated heterocycles. The molecule has 0 spiro atoms. The molecule has 0 N–H and O–H groups in total. The molecule has 3 aromatic carbocycles. The zero-order chi connectivity index (χ0) is 17.6. The lowest BCUT2D eigenvalue weighted by Gasteiger charge is -2.06. The number of hydrogen-bond donors (Lipinski definition) is 0. The van der Waals surface area contributed by atoms with Crippen molar-refractivity contribution >= 4 is 39.3 Å². The number of furan rings is 1. The molecular weight excluding hydrogens is 336 g/mol. The number of rotatable bonds is 2. The van der Waals surface area contributed by atoms with E-state index in [1.165, 1.54) is 0 Å². The number of ether oxygens (including phenoxy) is 1. The number of aryl methyl sites for hydroxylation is 2. The summed E-state index contributed by atoms with van der Waals surface area (Å²) in [4.78, 5) is 12.6. The van der Waals surface area contributed by atoms with Crippen LogP contribution in [-0.2, 0) is 0 Å². The van der Waals surface area contributed by atoms with Crippen molar-refractivity contribution in [2.45, 2.75) is 13.8 Å². The fraction of sp³-hybridized carbons (Fsp3) is 0.0952. The summed E-state index contributed by atoms with van der Waals surface area (Å²) < 4.78 is 11.4. The van der Waals surface area contributed by atoms with Crippen LogP contribution in [0.2, 0.25) is 5.02 Å². The first-order valence-corrected chi connectivity index (χ1v) is 8.31. The van der Waals surface area contributed by atoms with E-state index in [-0.39, 0.29) is 5.76 Å². The lowest BCUT2D eigenvalue weighted by atomic mass is 10.1. The number of halogens is 1. The smallest absolute Gasteiger partial charge is 0.379 e. The monoisotopic (exact) mass is 350 g/mol. The second kappa shape index (κ2) is 5.94. The molecule has 0 aliphatic carbocycles. The predicted octanol–water partition coefficient (Wildman–Crippen LogP) is 6.08. The number of carbonyl (C=O) groups excluding carboxylic acids is 1. The highest BCUT2D eigenvalue weighted by Crippen LogP contribution is 2.33. The van der Waals surface area contributed by atoms with Crippen molar-refractivity contribution in [3.05, 3.63) is 76.5 Å². The molecule has 0 atom stereocenters. The molecule has 1 aromatic heterocycles. The average molecular weight is 351 g/mol. The van der Waals surface area contributed by atoms with Crippen LogP contribution >= 0.6 is 11.6 Å². The topological polar surface area (TPSA) is 39.4 Å². The van der Waals surface area contributed by atoms with Crippen molar-refractivity contribution in [3.8, 4) is 5.75 Å². The number of benzene rings is 3. The minimum Gasteiger partial charge on any atom is -0.448 e. The average Bonchev–Trinajstić information content (AvgIpc) is 2.95. The summed E-state index contributed by atoms with van der Waals surface area (Å²) in [6.45, 7) is 3.77. The fourth-order valence-corrected chi connectivity index (χ4v) is 3.14. The summed E-state index contributed by atoms with van der Waals surface area (Å²) in [7, 11) is 0. The molecule has 4 aromatic rings. The van der Waals surface area contributed by atoms with Crippen molar-refractivity contribution < 1.29 is 13.9 Å². The van der Waals surface area contributed by atoms with Crippen LogP contribution in [0, 0.1) is 13.8 Å². The molecule has 4 rings (SSSR count). The molecule has 0 fully saturated rings. The summed E-state index contributed by atoms with van der Waals surface area (Å²) in [5.41, 5.74) is 2.41. The molecule has 0 aliphatic rings. The Hall–Kier alpha value is -2.78. The first kappa shape index (κ1) is 15.7. The Bertz CT molecular complexity index is 1120. The van der Waals surface area contributed by atoms with E-state index in [2.05, 4.69) is 0 Å². The van der Waals surface area contributed by atoms with E-state index >= 15 is 0 Å². The van der Waals surface area contributed by atoms with Gasteiger partial charge in [-0.3, -0.25) is 0 Å². The van der Waals surface area contributed by atoms with Crippen LogP contribution in [0.4, 0.5) is 0 Å².